The summed E-state index contributed by atoms with van der Waals surface area (Å²) in [5.74, 6) is -1.28. The first kappa shape index (κ1) is 16.8. The molecular formula is C18H17N5O4. The van der Waals surface area contributed by atoms with Gasteiger partial charge in [-0.3, -0.25) is 19.5 Å². The van der Waals surface area contributed by atoms with Crippen molar-refractivity contribution in [2.75, 3.05) is 31.5 Å². The molecule has 9 heteroatoms. The van der Waals surface area contributed by atoms with Gasteiger partial charge in [0, 0.05) is 37.3 Å². The third-order valence-corrected chi connectivity index (χ3v) is 4.48. The third kappa shape index (κ3) is 3.39. The SMILES string of the molecule is O=C(Nc1ccc2cn[nH]c2c1)C(=O)N1CCN(C(=O)c2ccco2)CC1. The molecule has 1 aliphatic rings. The summed E-state index contributed by atoms with van der Waals surface area (Å²) in [7, 11) is 0. The van der Waals surface area contributed by atoms with E-state index >= 15 is 0 Å². The van der Waals surface area contributed by atoms with Gasteiger partial charge in [-0.15, -0.1) is 0 Å². The topological polar surface area (TPSA) is 112 Å². The predicted molar refractivity (Wildman–Crippen MR) is 95.9 cm³/mol. The average Bonchev–Trinajstić information content (AvgIpc) is 3.38. The van der Waals surface area contributed by atoms with E-state index in [9.17, 15) is 14.4 Å². The van der Waals surface area contributed by atoms with E-state index in [1.54, 1.807) is 41.4 Å². The molecule has 2 N–H and O–H groups in total. The molecule has 1 aliphatic heterocycles. The number of carbonyl (C=O) groups is 3. The molecule has 4 rings (SSSR count). The number of hydrogen-bond acceptors (Lipinski definition) is 5. The van der Waals surface area contributed by atoms with E-state index in [4.69, 9.17) is 4.42 Å². The molecule has 9 nitrogen and oxygen atoms in total. The van der Waals surface area contributed by atoms with Crippen molar-refractivity contribution in [3.05, 3.63) is 48.6 Å². The summed E-state index contributed by atoms with van der Waals surface area (Å²) in [5.41, 5.74) is 1.28. The van der Waals surface area contributed by atoms with Crippen LogP contribution in [0, 0.1) is 0 Å². The molecule has 1 aromatic carbocycles. The lowest BCUT2D eigenvalue weighted by Crippen LogP contribution is -2.52. The first-order chi connectivity index (χ1) is 13.1. The van der Waals surface area contributed by atoms with Crippen LogP contribution in [-0.4, -0.2) is 63.9 Å². The van der Waals surface area contributed by atoms with Crippen molar-refractivity contribution in [1.82, 2.24) is 20.0 Å². The van der Waals surface area contributed by atoms with Gasteiger partial charge in [-0.05, 0) is 30.3 Å². The van der Waals surface area contributed by atoms with Crippen LogP contribution in [-0.2, 0) is 9.59 Å². The maximum Gasteiger partial charge on any atom is 0.313 e. The van der Waals surface area contributed by atoms with Crippen LogP contribution in [0.1, 0.15) is 10.6 Å². The molecule has 138 valence electrons. The van der Waals surface area contributed by atoms with E-state index in [2.05, 4.69) is 15.5 Å². The Labute approximate surface area is 153 Å². The quantitative estimate of drug-likeness (QED) is 0.659. The summed E-state index contributed by atoms with van der Waals surface area (Å²) in [6.07, 6.45) is 3.12. The minimum Gasteiger partial charge on any atom is -0.459 e. The molecule has 1 fully saturated rings. The smallest absolute Gasteiger partial charge is 0.313 e. The van der Waals surface area contributed by atoms with Crippen LogP contribution < -0.4 is 5.32 Å². The number of piperazine rings is 1. The molecule has 1 saturated heterocycles. The van der Waals surface area contributed by atoms with E-state index in [0.29, 0.717) is 18.8 Å². The summed E-state index contributed by atoms with van der Waals surface area (Å²) >= 11 is 0. The van der Waals surface area contributed by atoms with Crippen molar-refractivity contribution in [2.24, 2.45) is 0 Å². The van der Waals surface area contributed by atoms with E-state index in [-0.39, 0.29) is 24.8 Å². The predicted octanol–water partition coefficient (Wildman–Crippen LogP) is 1.08. The zero-order valence-corrected chi connectivity index (χ0v) is 14.3. The van der Waals surface area contributed by atoms with E-state index < -0.39 is 11.8 Å². The van der Waals surface area contributed by atoms with Gasteiger partial charge in [-0.2, -0.15) is 5.10 Å². The zero-order valence-electron chi connectivity index (χ0n) is 14.3. The fourth-order valence-electron chi connectivity index (χ4n) is 3.01. The molecule has 0 spiro atoms. The van der Waals surface area contributed by atoms with Crippen molar-refractivity contribution in [1.29, 1.82) is 0 Å². The Balaban J connectivity index is 1.34. The second kappa shape index (κ2) is 6.94. The molecule has 0 atom stereocenters. The van der Waals surface area contributed by atoms with Gasteiger partial charge in [-0.1, -0.05) is 0 Å². The molecule has 3 amide bonds. The lowest BCUT2D eigenvalue weighted by Gasteiger charge is -2.33. The number of anilines is 1. The van der Waals surface area contributed by atoms with Gasteiger partial charge in [0.1, 0.15) is 0 Å². The number of aromatic amines is 1. The van der Waals surface area contributed by atoms with E-state index in [0.717, 1.165) is 10.9 Å². The minimum absolute atomic E-state index is 0.218. The summed E-state index contributed by atoms with van der Waals surface area (Å²) < 4.78 is 5.11. The van der Waals surface area contributed by atoms with Crippen molar-refractivity contribution in [2.45, 2.75) is 0 Å². The second-order valence-electron chi connectivity index (χ2n) is 6.19. The highest BCUT2D eigenvalue weighted by Gasteiger charge is 2.29. The molecule has 0 unspecified atom stereocenters. The summed E-state index contributed by atoms with van der Waals surface area (Å²) in [4.78, 5) is 39.9. The van der Waals surface area contributed by atoms with Gasteiger partial charge in [-0.25, -0.2) is 0 Å². The molecular weight excluding hydrogens is 350 g/mol. The van der Waals surface area contributed by atoms with Crippen LogP contribution >= 0.6 is 0 Å². The number of carbonyl (C=O) groups excluding carboxylic acids is 3. The number of fused-ring (bicyclic) bond motifs is 1. The monoisotopic (exact) mass is 367 g/mol. The lowest BCUT2D eigenvalue weighted by atomic mass is 10.2. The van der Waals surface area contributed by atoms with Gasteiger partial charge in [0.25, 0.3) is 5.91 Å². The van der Waals surface area contributed by atoms with Gasteiger partial charge in [0.2, 0.25) is 0 Å². The lowest BCUT2D eigenvalue weighted by molar-refractivity contribution is -0.144. The van der Waals surface area contributed by atoms with E-state index in [1.165, 1.54) is 11.2 Å². The number of H-pyrrole nitrogens is 1. The highest BCUT2D eigenvalue weighted by Crippen LogP contribution is 2.17. The molecule has 3 heterocycles. The number of hydrogen-bond donors (Lipinski definition) is 2. The van der Waals surface area contributed by atoms with Crippen LogP contribution in [0.3, 0.4) is 0 Å². The Kier molecular flexibility index (Phi) is 4.33. The Morgan fingerprint density at radius 1 is 1.07 bits per heavy atom. The number of furan rings is 1. The molecule has 27 heavy (non-hydrogen) atoms. The molecule has 3 aromatic rings. The highest BCUT2D eigenvalue weighted by atomic mass is 16.3. The zero-order chi connectivity index (χ0) is 18.8. The van der Waals surface area contributed by atoms with Gasteiger partial charge in [0.15, 0.2) is 5.76 Å². The second-order valence-corrected chi connectivity index (χ2v) is 6.19. The van der Waals surface area contributed by atoms with Gasteiger partial charge >= 0.3 is 11.8 Å². The largest absolute Gasteiger partial charge is 0.459 e. The van der Waals surface area contributed by atoms with Crippen molar-refractivity contribution < 1.29 is 18.8 Å². The first-order valence-electron chi connectivity index (χ1n) is 8.48. The number of nitrogens with one attached hydrogen (secondary N) is 2. The first-order valence-corrected chi connectivity index (χ1v) is 8.48. The Morgan fingerprint density at radius 3 is 2.59 bits per heavy atom. The molecule has 0 bridgehead atoms. The summed E-state index contributed by atoms with van der Waals surface area (Å²) in [5, 5.41) is 10.2. The van der Waals surface area contributed by atoms with Crippen LogP contribution in [0.2, 0.25) is 0 Å². The van der Waals surface area contributed by atoms with Crippen LogP contribution in [0.5, 0.6) is 0 Å². The van der Waals surface area contributed by atoms with Gasteiger partial charge in [0.05, 0.1) is 18.0 Å². The van der Waals surface area contributed by atoms with Crippen LogP contribution in [0.15, 0.2) is 47.2 Å². The number of rotatable bonds is 2. The normalized spacial score (nSPS) is 14.4. The Hall–Kier alpha value is -3.62. The maximum atomic E-state index is 12.4. The number of aromatic nitrogens is 2. The summed E-state index contributed by atoms with van der Waals surface area (Å²) in [6, 6.07) is 8.48. The van der Waals surface area contributed by atoms with Crippen LogP contribution in [0.4, 0.5) is 5.69 Å². The van der Waals surface area contributed by atoms with E-state index in [1.807, 2.05) is 0 Å². The van der Waals surface area contributed by atoms with Gasteiger partial charge < -0.3 is 19.5 Å². The number of amides is 3. The average molecular weight is 367 g/mol. The number of benzene rings is 1. The fourth-order valence-corrected chi connectivity index (χ4v) is 3.01. The van der Waals surface area contributed by atoms with Crippen molar-refractivity contribution in [3.63, 3.8) is 0 Å². The fraction of sp³-hybridized carbons (Fsp3) is 0.222. The molecule has 0 saturated carbocycles. The number of nitrogens with zero attached hydrogens (tertiary/aromatic N) is 3. The minimum atomic E-state index is -0.709. The highest BCUT2D eigenvalue weighted by molar-refractivity contribution is 6.39. The molecule has 0 radical (unpaired) electrons. The maximum absolute atomic E-state index is 12.4. The third-order valence-electron chi connectivity index (χ3n) is 4.48. The van der Waals surface area contributed by atoms with Crippen LogP contribution in [0.25, 0.3) is 10.9 Å². The molecule has 0 aliphatic carbocycles. The standard InChI is InChI=1S/C18H17N5O4/c24-16(20-13-4-3-12-11-19-21-14(12)10-13)18(26)23-7-5-22(6-8-23)17(25)15-2-1-9-27-15/h1-4,9-11H,5-8H2,(H,19,21)(H,20,24). The Morgan fingerprint density at radius 2 is 1.85 bits per heavy atom. The Bertz CT molecular complexity index is 986. The van der Waals surface area contributed by atoms with Crippen molar-refractivity contribution in [3.8, 4) is 0 Å². The molecule has 2 aromatic heterocycles. The summed E-state index contributed by atoms with van der Waals surface area (Å²) in [6.45, 7) is 1.27. The van der Waals surface area contributed by atoms with Crippen molar-refractivity contribution >= 4 is 34.3 Å².